The highest BCUT2D eigenvalue weighted by Gasteiger charge is 2.09. The Balaban J connectivity index is 2.16. The Bertz CT molecular complexity index is 596. The van der Waals surface area contributed by atoms with Crippen LogP contribution in [0.3, 0.4) is 0 Å². The van der Waals surface area contributed by atoms with E-state index in [1.165, 1.54) is 0 Å². The van der Waals surface area contributed by atoms with Gasteiger partial charge in [-0.25, -0.2) is 4.98 Å². The van der Waals surface area contributed by atoms with Gasteiger partial charge in [0.25, 0.3) is 0 Å². The highest BCUT2D eigenvalue weighted by molar-refractivity contribution is 6.30. The molecule has 0 radical (unpaired) electrons. The van der Waals surface area contributed by atoms with E-state index in [0.29, 0.717) is 5.02 Å². The van der Waals surface area contributed by atoms with E-state index >= 15 is 0 Å². The molecule has 0 aliphatic rings. The van der Waals surface area contributed by atoms with Gasteiger partial charge in [-0.15, -0.1) is 0 Å². The predicted octanol–water partition coefficient (Wildman–Crippen LogP) is 3.13. The molecule has 1 aromatic heterocycles. The third-order valence-corrected chi connectivity index (χ3v) is 3.83. The first-order chi connectivity index (χ1) is 10.6. The Kier molecular flexibility index (Phi) is 5.98. The topological polar surface area (TPSA) is 67.1 Å². The average molecular weight is 320 g/mol. The molecule has 0 amide bonds. The third-order valence-electron chi connectivity index (χ3n) is 3.58. The second-order valence-electron chi connectivity index (χ2n) is 4.95. The van der Waals surface area contributed by atoms with Crippen LogP contribution in [0.25, 0.3) is 11.1 Å². The van der Waals surface area contributed by atoms with Gasteiger partial charge in [0.2, 0.25) is 5.95 Å². The predicted molar refractivity (Wildman–Crippen MR) is 93.2 cm³/mol. The minimum Gasteiger partial charge on any atom is -0.368 e. The molecule has 5 nitrogen and oxygen atoms in total. The van der Waals surface area contributed by atoms with Gasteiger partial charge in [0.15, 0.2) is 0 Å². The van der Waals surface area contributed by atoms with Crippen molar-refractivity contribution in [2.24, 2.45) is 0 Å². The molecule has 0 spiro atoms. The fraction of sp³-hybridized carbons (Fsp3) is 0.375. The van der Waals surface area contributed by atoms with Crippen LogP contribution in [0.5, 0.6) is 0 Å². The molecule has 2 aromatic rings. The van der Waals surface area contributed by atoms with Crippen LogP contribution in [0.4, 0.5) is 11.8 Å². The quantitative estimate of drug-likeness (QED) is 0.820. The Morgan fingerprint density at radius 1 is 1.18 bits per heavy atom. The number of benzene rings is 1. The van der Waals surface area contributed by atoms with E-state index in [9.17, 15) is 0 Å². The molecule has 0 bridgehead atoms. The number of halogens is 1. The first-order valence-electron chi connectivity index (χ1n) is 7.48. The summed E-state index contributed by atoms with van der Waals surface area (Å²) in [6, 6.07) is 7.61. The lowest BCUT2D eigenvalue weighted by molar-refractivity contribution is 0.316. The van der Waals surface area contributed by atoms with Gasteiger partial charge in [0, 0.05) is 29.9 Å². The summed E-state index contributed by atoms with van der Waals surface area (Å²) in [6.45, 7) is 8.15. The largest absolute Gasteiger partial charge is 0.368 e. The van der Waals surface area contributed by atoms with E-state index in [4.69, 9.17) is 17.3 Å². The lowest BCUT2D eigenvalue weighted by Gasteiger charge is -2.19. The molecular formula is C16H22ClN5. The molecule has 1 heterocycles. The normalized spacial score (nSPS) is 10.9. The van der Waals surface area contributed by atoms with Gasteiger partial charge in [-0.2, -0.15) is 4.98 Å². The highest BCUT2D eigenvalue weighted by Crippen LogP contribution is 2.27. The van der Waals surface area contributed by atoms with E-state index in [1.54, 1.807) is 6.20 Å². The monoisotopic (exact) mass is 319 g/mol. The summed E-state index contributed by atoms with van der Waals surface area (Å²) in [7, 11) is 0. The SMILES string of the molecule is CCN(CC)CCNc1nc(N)ncc1-c1ccc(Cl)cc1. The number of nitrogens with two attached hydrogens (primary N) is 1. The number of anilines is 2. The third kappa shape index (κ3) is 4.32. The molecule has 0 aliphatic heterocycles. The summed E-state index contributed by atoms with van der Waals surface area (Å²) >= 11 is 5.94. The Morgan fingerprint density at radius 2 is 1.86 bits per heavy atom. The zero-order chi connectivity index (χ0) is 15.9. The Hall–Kier alpha value is -1.85. The zero-order valence-electron chi connectivity index (χ0n) is 13.0. The number of rotatable bonds is 7. The number of likely N-dealkylation sites (N-methyl/N-ethyl adjacent to an activating group) is 1. The van der Waals surface area contributed by atoms with Gasteiger partial charge in [0.1, 0.15) is 5.82 Å². The maximum Gasteiger partial charge on any atom is 0.221 e. The van der Waals surface area contributed by atoms with Crippen molar-refractivity contribution in [3.63, 3.8) is 0 Å². The van der Waals surface area contributed by atoms with Gasteiger partial charge < -0.3 is 16.0 Å². The van der Waals surface area contributed by atoms with Crippen LogP contribution in [-0.4, -0.2) is 41.0 Å². The van der Waals surface area contributed by atoms with Gasteiger partial charge in [-0.3, -0.25) is 0 Å². The number of nitrogens with one attached hydrogen (secondary N) is 1. The van der Waals surface area contributed by atoms with Gasteiger partial charge in [0.05, 0.1) is 0 Å². The van der Waals surface area contributed by atoms with Gasteiger partial charge in [-0.05, 0) is 30.8 Å². The molecule has 0 unspecified atom stereocenters. The zero-order valence-corrected chi connectivity index (χ0v) is 13.8. The van der Waals surface area contributed by atoms with E-state index in [2.05, 4.69) is 34.0 Å². The van der Waals surface area contributed by atoms with Crippen LogP contribution in [0.1, 0.15) is 13.8 Å². The molecular weight excluding hydrogens is 298 g/mol. The number of hydrogen-bond acceptors (Lipinski definition) is 5. The van der Waals surface area contributed by atoms with Crippen molar-refractivity contribution in [1.29, 1.82) is 0 Å². The van der Waals surface area contributed by atoms with Crippen LogP contribution in [-0.2, 0) is 0 Å². The van der Waals surface area contributed by atoms with Crippen LogP contribution < -0.4 is 11.1 Å². The summed E-state index contributed by atoms with van der Waals surface area (Å²) < 4.78 is 0. The smallest absolute Gasteiger partial charge is 0.221 e. The second kappa shape index (κ2) is 7.96. The van der Waals surface area contributed by atoms with Crippen molar-refractivity contribution in [2.45, 2.75) is 13.8 Å². The molecule has 1 aromatic carbocycles. The minimum atomic E-state index is 0.267. The fourth-order valence-corrected chi connectivity index (χ4v) is 2.37. The molecule has 0 atom stereocenters. The fourth-order valence-electron chi connectivity index (χ4n) is 2.24. The van der Waals surface area contributed by atoms with Crippen LogP contribution in [0.2, 0.25) is 5.02 Å². The van der Waals surface area contributed by atoms with Crippen molar-refractivity contribution in [1.82, 2.24) is 14.9 Å². The van der Waals surface area contributed by atoms with Gasteiger partial charge >= 0.3 is 0 Å². The van der Waals surface area contributed by atoms with Crippen LogP contribution in [0, 0.1) is 0 Å². The minimum absolute atomic E-state index is 0.267. The lowest BCUT2D eigenvalue weighted by Crippen LogP contribution is -2.28. The van der Waals surface area contributed by atoms with Crippen LogP contribution >= 0.6 is 11.6 Å². The Labute approximate surface area is 136 Å². The van der Waals surface area contributed by atoms with Gasteiger partial charge in [-0.1, -0.05) is 37.6 Å². The Morgan fingerprint density at radius 3 is 2.50 bits per heavy atom. The van der Waals surface area contributed by atoms with Crippen molar-refractivity contribution in [2.75, 3.05) is 37.2 Å². The highest BCUT2D eigenvalue weighted by atomic mass is 35.5. The van der Waals surface area contributed by atoms with E-state index in [-0.39, 0.29) is 5.95 Å². The molecule has 22 heavy (non-hydrogen) atoms. The number of aromatic nitrogens is 2. The second-order valence-corrected chi connectivity index (χ2v) is 5.39. The molecule has 3 N–H and O–H groups in total. The summed E-state index contributed by atoms with van der Waals surface area (Å²) in [5.74, 6) is 1.02. The van der Waals surface area contributed by atoms with Crippen molar-refractivity contribution >= 4 is 23.4 Å². The maximum atomic E-state index is 5.94. The summed E-state index contributed by atoms with van der Waals surface area (Å²) in [4.78, 5) is 10.8. The molecule has 118 valence electrons. The molecule has 6 heteroatoms. The summed E-state index contributed by atoms with van der Waals surface area (Å²) in [5, 5.41) is 4.07. The van der Waals surface area contributed by atoms with Crippen molar-refractivity contribution in [3.05, 3.63) is 35.5 Å². The lowest BCUT2D eigenvalue weighted by atomic mass is 10.1. The first kappa shape index (κ1) is 16.5. The van der Waals surface area contributed by atoms with Crippen molar-refractivity contribution < 1.29 is 0 Å². The van der Waals surface area contributed by atoms with E-state index in [1.807, 2.05) is 24.3 Å². The van der Waals surface area contributed by atoms with E-state index < -0.39 is 0 Å². The molecule has 0 aliphatic carbocycles. The number of nitrogens with zero attached hydrogens (tertiary/aromatic N) is 3. The number of hydrogen-bond donors (Lipinski definition) is 2. The van der Waals surface area contributed by atoms with Crippen molar-refractivity contribution in [3.8, 4) is 11.1 Å². The molecule has 0 saturated heterocycles. The number of nitrogen functional groups attached to an aromatic ring is 1. The standard InChI is InChI=1S/C16H22ClN5/c1-3-22(4-2)10-9-19-15-14(11-20-16(18)21-15)12-5-7-13(17)8-6-12/h5-8,11H,3-4,9-10H2,1-2H3,(H3,18,19,20,21). The maximum absolute atomic E-state index is 5.94. The molecule has 2 rings (SSSR count). The van der Waals surface area contributed by atoms with E-state index in [0.717, 1.165) is 43.1 Å². The van der Waals surface area contributed by atoms with Crippen LogP contribution in [0.15, 0.2) is 30.5 Å². The molecule has 0 fully saturated rings. The average Bonchev–Trinajstić information content (AvgIpc) is 2.53. The summed E-state index contributed by atoms with van der Waals surface area (Å²) in [6.07, 6.45) is 1.74. The molecule has 0 saturated carbocycles. The summed E-state index contributed by atoms with van der Waals surface area (Å²) in [5.41, 5.74) is 7.65. The first-order valence-corrected chi connectivity index (χ1v) is 7.86.